The molecule has 0 saturated heterocycles. The molecule has 0 bridgehead atoms. The van der Waals surface area contributed by atoms with Gasteiger partial charge in [-0.2, -0.15) is 5.10 Å². The molecule has 27 heavy (non-hydrogen) atoms. The number of ether oxygens (including phenoxy) is 2. The van der Waals surface area contributed by atoms with Crippen LogP contribution in [0.4, 0.5) is 5.69 Å². The summed E-state index contributed by atoms with van der Waals surface area (Å²) in [6.07, 6.45) is 3.04. The second-order valence-corrected chi connectivity index (χ2v) is 7.77. The lowest BCUT2D eigenvalue weighted by Gasteiger charge is -2.11. The van der Waals surface area contributed by atoms with Gasteiger partial charge in [0, 0.05) is 17.3 Å². The predicted molar refractivity (Wildman–Crippen MR) is 103 cm³/mol. The van der Waals surface area contributed by atoms with E-state index >= 15 is 0 Å². The summed E-state index contributed by atoms with van der Waals surface area (Å²) in [7, 11) is -1.01. The third-order valence-corrected chi connectivity index (χ3v) is 5.42. The number of hydrogen-bond acceptors (Lipinski definition) is 5. The highest BCUT2D eigenvalue weighted by Crippen LogP contribution is 2.29. The molecule has 3 aromatic rings. The van der Waals surface area contributed by atoms with Crippen molar-refractivity contribution in [1.29, 1.82) is 0 Å². The number of methoxy groups -OCH3 is 2. The summed E-state index contributed by atoms with van der Waals surface area (Å²) in [5, 5.41) is 4.82. The Labute approximate surface area is 162 Å². The van der Waals surface area contributed by atoms with Crippen LogP contribution in [0.5, 0.6) is 11.5 Å². The molecule has 9 heteroatoms. The van der Waals surface area contributed by atoms with Gasteiger partial charge in [0.05, 0.1) is 32.6 Å². The average Bonchev–Trinajstić information content (AvgIpc) is 3.07. The smallest absolute Gasteiger partial charge is 0.265 e. The van der Waals surface area contributed by atoms with Crippen molar-refractivity contribution in [3.05, 3.63) is 65.4 Å². The Morgan fingerprint density at radius 1 is 1.15 bits per heavy atom. The SMILES string of the molecule is COc1ccc(OC)c(S(=O)(=O)Nc2cnn(Cc3cccc(Cl)c3)c2)c1. The van der Waals surface area contributed by atoms with E-state index in [1.165, 1.54) is 32.5 Å². The molecule has 3 rings (SSSR count). The highest BCUT2D eigenvalue weighted by Gasteiger charge is 2.21. The van der Waals surface area contributed by atoms with Crippen LogP contribution < -0.4 is 14.2 Å². The molecule has 142 valence electrons. The van der Waals surface area contributed by atoms with E-state index in [4.69, 9.17) is 21.1 Å². The van der Waals surface area contributed by atoms with Gasteiger partial charge in [-0.05, 0) is 29.8 Å². The minimum atomic E-state index is -3.88. The molecular formula is C18H18ClN3O4S. The summed E-state index contributed by atoms with van der Waals surface area (Å²) in [6, 6.07) is 11.9. The minimum Gasteiger partial charge on any atom is -0.497 e. The molecule has 0 aliphatic carbocycles. The minimum absolute atomic E-state index is 0.0214. The van der Waals surface area contributed by atoms with Gasteiger partial charge in [-0.25, -0.2) is 8.42 Å². The molecule has 0 atom stereocenters. The molecule has 0 unspecified atom stereocenters. The molecule has 7 nitrogen and oxygen atoms in total. The molecule has 1 heterocycles. The number of sulfonamides is 1. The Morgan fingerprint density at radius 2 is 1.96 bits per heavy atom. The van der Waals surface area contributed by atoms with Gasteiger partial charge in [-0.1, -0.05) is 23.7 Å². The van der Waals surface area contributed by atoms with Gasteiger partial charge in [-0.3, -0.25) is 9.40 Å². The Hall–Kier alpha value is -2.71. The van der Waals surface area contributed by atoms with Crippen molar-refractivity contribution in [2.45, 2.75) is 11.4 Å². The first-order valence-corrected chi connectivity index (χ1v) is 9.79. The van der Waals surface area contributed by atoms with Crippen molar-refractivity contribution in [2.75, 3.05) is 18.9 Å². The molecular weight excluding hydrogens is 390 g/mol. The zero-order valence-corrected chi connectivity index (χ0v) is 16.3. The first-order chi connectivity index (χ1) is 12.9. The summed E-state index contributed by atoms with van der Waals surface area (Å²) in [5.41, 5.74) is 1.29. The first kappa shape index (κ1) is 19.1. The average molecular weight is 408 g/mol. The summed E-state index contributed by atoms with van der Waals surface area (Å²) >= 11 is 5.98. The third kappa shape index (κ3) is 4.53. The summed E-state index contributed by atoms with van der Waals surface area (Å²) in [6.45, 7) is 0.463. The standard InChI is InChI=1S/C18H18ClN3O4S/c1-25-16-6-7-17(26-2)18(9-16)27(23,24)21-15-10-20-22(12-15)11-13-4-3-5-14(19)8-13/h3-10,12,21H,11H2,1-2H3. The van der Waals surface area contributed by atoms with Crippen LogP contribution in [0.3, 0.4) is 0 Å². The molecule has 0 aliphatic heterocycles. The number of anilines is 1. The van der Waals surface area contributed by atoms with E-state index in [1.54, 1.807) is 23.0 Å². The molecule has 1 N–H and O–H groups in total. The van der Waals surface area contributed by atoms with Crippen LogP contribution in [0, 0.1) is 0 Å². The monoisotopic (exact) mass is 407 g/mol. The van der Waals surface area contributed by atoms with Crippen molar-refractivity contribution < 1.29 is 17.9 Å². The maximum absolute atomic E-state index is 12.8. The van der Waals surface area contributed by atoms with Gasteiger partial charge in [0.15, 0.2) is 0 Å². The molecule has 0 radical (unpaired) electrons. The number of rotatable bonds is 7. The fourth-order valence-corrected chi connectivity index (χ4v) is 3.96. The predicted octanol–water partition coefficient (Wildman–Crippen LogP) is 3.40. The van der Waals surface area contributed by atoms with Crippen LogP contribution in [0.25, 0.3) is 0 Å². The lowest BCUT2D eigenvalue weighted by atomic mass is 10.2. The van der Waals surface area contributed by atoms with Crippen molar-refractivity contribution in [3.8, 4) is 11.5 Å². The van der Waals surface area contributed by atoms with E-state index in [9.17, 15) is 8.42 Å². The van der Waals surface area contributed by atoms with Crippen molar-refractivity contribution in [1.82, 2.24) is 9.78 Å². The van der Waals surface area contributed by atoms with E-state index in [0.717, 1.165) is 5.56 Å². The van der Waals surface area contributed by atoms with Crippen LogP contribution in [-0.4, -0.2) is 32.4 Å². The van der Waals surface area contributed by atoms with Crippen LogP contribution in [0.2, 0.25) is 5.02 Å². The lowest BCUT2D eigenvalue weighted by Crippen LogP contribution is -2.14. The van der Waals surface area contributed by atoms with Gasteiger partial charge >= 0.3 is 0 Å². The molecule has 0 fully saturated rings. The Morgan fingerprint density at radius 3 is 2.67 bits per heavy atom. The van der Waals surface area contributed by atoms with Gasteiger partial charge in [0.25, 0.3) is 10.0 Å². The van der Waals surface area contributed by atoms with E-state index in [-0.39, 0.29) is 10.6 Å². The van der Waals surface area contributed by atoms with E-state index in [2.05, 4.69) is 9.82 Å². The molecule has 0 saturated carbocycles. The summed E-state index contributed by atoms with van der Waals surface area (Å²) in [5.74, 6) is 0.627. The van der Waals surface area contributed by atoms with Crippen LogP contribution in [0.15, 0.2) is 59.8 Å². The lowest BCUT2D eigenvalue weighted by molar-refractivity contribution is 0.392. The van der Waals surface area contributed by atoms with E-state index in [0.29, 0.717) is 23.0 Å². The molecule has 0 aliphatic rings. The van der Waals surface area contributed by atoms with Gasteiger partial charge in [0.2, 0.25) is 0 Å². The zero-order valence-electron chi connectivity index (χ0n) is 14.7. The molecule has 0 amide bonds. The van der Waals surface area contributed by atoms with Crippen molar-refractivity contribution in [2.24, 2.45) is 0 Å². The van der Waals surface area contributed by atoms with Crippen LogP contribution in [-0.2, 0) is 16.6 Å². The molecule has 2 aromatic carbocycles. The Bertz CT molecular complexity index is 1050. The fourth-order valence-electron chi connectivity index (χ4n) is 2.53. The highest BCUT2D eigenvalue weighted by molar-refractivity contribution is 7.92. The summed E-state index contributed by atoms with van der Waals surface area (Å²) in [4.78, 5) is -0.0214. The van der Waals surface area contributed by atoms with Crippen LogP contribution >= 0.6 is 11.6 Å². The quantitative estimate of drug-likeness (QED) is 0.649. The largest absolute Gasteiger partial charge is 0.497 e. The van der Waals surface area contributed by atoms with E-state index < -0.39 is 10.0 Å². The first-order valence-electron chi connectivity index (χ1n) is 7.93. The number of nitrogens with zero attached hydrogens (tertiary/aromatic N) is 2. The van der Waals surface area contributed by atoms with Crippen molar-refractivity contribution >= 4 is 27.3 Å². The highest BCUT2D eigenvalue weighted by atomic mass is 35.5. The third-order valence-electron chi connectivity index (χ3n) is 3.78. The molecule has 0 spiro atoms. The van der Waals surface area contributed by atoms with Crippen LogP contribution in [0.1, 0.15) is 5.56 Å². The Kier molecular flexibility index (Phi) is 5.57. The number of halogens is 1. The van der Waals surface area contributed by atoms with Gasteiger partial charge in [-0.15, -0.1) is 0 Å². The molecule has 1 aromatic heterocycles. The fraction of sp³-hybridized carbons (Fsp3) is 0.167. The van der Waals surface area contributed by atoms with Gasteiger partial charge < -0.3 is 9.47 Å². The number of nitrogens with one attached hydrogen (secondary N) is 1. The Balaban J connectivity index is 1.82. The summed E-state index contributed by atoms with van der Waals surface area (Å²) < 4.78 is 39.9. The maximum Gasteiger partial charge on any atom is 0.265 e. The normalized spacial score (nSPS) is 11.2. The topological polar surface area (TPSA) is 82.4 Å². The second-order valence-electron chi connectivity index (χ2n) is 5.68. The van der Waals surface area contributed by atoms with Gasteiger partial charge in [0.1, 0.15) is 16.4 Å². The number of benzene rings is 2. The second kappa shape index (κ2) is 7.89. The maximum atomic E-state index is 12.8. The zero-order chi connectivity index (χ0) is 19.4. The number of aromatic nitrogens is 2. The van der Waals surface area contributed by atoms with E-state index in [1.807, 2.05) is 18.2 Å². The van der Waals surface area contributed by atoms with Crippen molar-refractivity contribution in [3.63, 3.8) is 0 Å². The number of hydrogen-bond donors (Lipinski definition) is 1.